The topological polar surface area (TPSA) is 80.0 Å². The van der Waals surface area contributed by atoms with Gasteiger partial charge < -0.3 is 16.4 Å². The van der Waals surface area contributed by atoms with Gasteiger partial charge in [-0.3, -0.25) is 9.78 Å². The van der Waals surface area contributed by atoms with Crippen LogP contribution in [-0.2, 0) is 11.2 Å². The van der Waals surface area contributed by atoms with Crippen LogP contribution in [0.25, 0.3) is 10.9 Å². The molecule has 1 aromatic heterocycles. The Labute approximate surface area is 208 Å². The molecule has 2 atom stereocenters. The number of amides is 1. The monoisotopic (exact) mass is 516 g/mol. The van der Waals surface area contributed by atoms with Gasteiger partial charge >= 0.3 is 0 Å². The molecular weight excluding hydrogens is 488 g/mol. The van der Waals surface area contributed by atoms with E-state index in [0.29, 0.717) is 18.5 Å². The van der Waals surface area contributed by atoms with E-state index in [2.05, 4.69) is 56.7 Å². The number of halogens is 1. The van der Waals surface area contributed by atoms with Crippen LogP contribution in [0.1, 0.15) is 49.0 Å². The van der Waals surface area contributed by atoms with Crippen molar-refractivity contribution in [2.24, 2.45) is 0 Å². The molecule has 3 aromatic carbocycles. The molecule has 174 valence electrons. The Morgan fingerprint density at radius 2 is 1.59 bits per heavy atom. The van der Waals surface area contributed by atoms with E-state index < -0.39 is 0 Å². The summed E-state index contributed by atoms with van der Waals surface area (Å²) >= 11 is 3.66. The lowest BCUT2D eigenvalue weighted by Gasteiger charge is -2.19. The second-order valence-corrected chi connectivity index (χ2v) is 9.38. The van der Waals surface area contributed by atoms with Crippen LogP contribution in [0.5, 0.6) is 0 Å². The summed E-state index contributed by atoms with van der Waals surface area (Å²) in [4.78, 5) is 17.1. The van der Waals surface area contributed by atoms with E-state index >= 15 is 0 Å². The number of benzene rings is 3. The summed E-state index contributed by atoms with van der Waals surface area (Å²) in [6, 6.07) is 24.3. The summed E-state index contributed by atoms with van der Waals surface area (Å²) in [5.41, 5.74) is 11.9. The predicted molar refractivity (Wildman–Crippen MR) is 144 cm³/mol. The Balaban J connectivity index is 1.52. The van der Waals surface area contributed by atoms with Gasteiger partial charge in [0.15, 0.2) is 0 Å². The van der Waals surface area contributed by atoms with Crippen molar-refractivity contribution in [3.05, 3.63) is 100 Å². The molecule has 0 saturated carbocycles. The average Bonchev–Trinajstić information content (AvgIpc) is 2.85. The van der Waals surface area contributed by atoms with Gasteiger partial charge in [-0.25, -0.2) is 0 Å². The fraction of sp³-hybridized carbons (Fsp3) is 0.214. The van der Waals surface area contributed by atoms with Crippen molar-refractivity contribution in [3.8, 4) is 0 Å². The molecule has 0 unspecified atom stereocenters. The minimum atomic E-state index is -0.0342. The van der Waals surface area contributed by atoms with E-state index in [1.807, 2.05) is 61.5 Å². The zero-order chi connectivity index (χ0) is 24.1. The molecule has 4 N–H and O–H groups in total. The Bertz CT molecular complexity index is 1280. The molecule has 0 radical (unpaired) electrons. The third-order valence-corrected chi connectivity index (χ3v) is 6.76. The Kier molecular flexibility index (Phi) is 7.48. The number of anilines is 2. The minimum Gasteiger partial charge on any atom is -0.396 e. The van der Waals surface area contributed by atoms with Crippen LogP contribution < -0.4 is 16.4 Å². The van der Waals surface area contributed by atoms with Gasteiger partial charge in [0.25, 0.3) is 0 Å². The van der Waals surface area contributed by atoms with Crippen LogP contribution in [-0.4, -0.2) is 10.9 Å². The first-order valence-corrected chi connectivity index (χ1v) is 12.2. The third kappa shape index (κ3) is 5.57. The third-order valence-electron chi connectivity index (χ3n) is 6.02. The van der Waals surface area contributed by atoms with Crippen molar-refractivity contribution in [2.45, 2.75) is 38.8 Å². The first-order chi connectivity index (χ1) is 16.4. The van der Waals surface area contributed by atoms with Crippen molar-refractivity contribution in [1.82, 2.24) is 10.3 Å². The summed E-state index contributed by atoms with van der Waals surface area (Å²) < 4.78 is 0.934. The van der Waals surface area contributed by atoms with Gasteiger partial charge in [-0.05, 0) is 49.1 Å². The summed E-state index contributed by atoms with van der Waals surface area (Å²) in [5.74, 6) is 0.0186. The van der Waals surface area contributed by atoms with Gasteiger partial charge in [0.1, 0.15) is 0 Å². The lowest BCUT2D eigenvalue weighted by molar-refractivity contribution is -0.121. The van der Waals surface area contributed by atoms with Gasteiger partial charge in [0, 0.05) is 22.3 Å². The van der Waals surface area contributed by atoms with Gasteiger partial charge in [-0.1, -0.05) is 76.6 Å². The molecule has 1 heterocycles. The van der Waals surface area contributed by atoms with E-state index in [4.69, 9.17) is 5.73 Å². The van der Waals surface area contributed by atoms with E-state index in [1.54, 1.807) is 6.20 Å². The highest BCUT2D eigenvalue weighted by molar-refractivity contribution is 9.10. The molecular formula is C28H29BrN4O. The maximum absolute atomic E-state index is 12.6. The second-order valence-electron chi connectivity index (χ2n) is 8.53. The van der Waals surface area contributed by atoms with Crippen LogP contribution in [0.3, 0.4) is 0 Å². The summed E-state index contributed by atoms with van der Waals surface area (Å²) in [5, 5.41) is 7.60. The van der Waals surface area contributed by atoms with Crippen molar-refractivity contribution in [1.29, 1.82) is 0 Å². The molecule has 34 heavy (non-hydrogen) atoms. The molecule has 1 amide bonds. The Hall–Kier alpha value is -3.38. The molecule has 0 aliphatic heterocycles. The molecule has 0 aliphatic carbocycles. The highest BCUT2D eigenvalue weighted by atomic mass is 79.9. The van der Waals surface area contributed by atoms with Crippen LogP contribution in [0.4, 0.5) is 11.4 Å². The maximum atomic E-state index is 12.6. The number of aromatic nitrogens is 1. The number of rotatable bonds is 8. The fourth-order valence-corrected chi connectivity index (χ4v) is 4.58. The van der Waals surface area contributed by atoms with Gasteiger partial charge in [0.2, 0.25) is 5.91 Å². The summed E-state index contributed by atoms with van der Waals surface area (Å²) in [6.45, 7) is 4.11. The minimum absolute atomic E-state index is 0.0186. The lowest BCUT2D eigenvalue weighted by Crippen LogP contribution is -2.26. The van der Waals surface area contributed by atoms with Crippen LogP contribution in [0.15, 0.2) is 83.5 Å². The van der Waals surface area contributed by atoms with Crippen molar-refractivity contribution in [2.75, 3.05) is 11.1 Å². The van der Waals surface area contributed by atoms with Crippen molar-refractivity contribution in [3.63, 3.8) is 0 Å². The number of nitrogen functional groups attached to an aromatic ring is 1. The second kappa shape index (κ2) is 10.7. The Morgan fingerprint density at radius 1 is 0.971 bits per heavy atom. The first kappa shape index (κ1) is 23.8. The number of hydrogen-bond donors (Lipinski definition) is 3. The number of nitrogens with one attached hydrogen (secondary N) is 2. The maximum Gasteiger partial charge on any atom is 0.220 e. The number of carbonyl (C=O) groups excluding carboxylic acids is 1. The molecule has 0 spiro atoms. The standard InChI is InChI=1S/C28H29BrN4O/c1-18(20-9-5-3-6-10-20)32-27(34)14-13-22-15-23-26(16-24(22)29)31-17-25(30)28(23)33-19(2)21-11-7-4-8-12-21/h3-12,15-19H,13-14,30H2,1-2H3,(H,31,33)(H,32,34)/t18-,19-/m1/s1. The van der Waals surface area contributed by atoms with Crippen molar-refractivity contribution >= 4 is 44.1 Å². The van der Waals surface area contributed by atoms with Gasteiger partial charge in [0.05, 0.1) is 29.1 Å². The fourth-order valence-electron chi connectivity index (χ4n) is 4.05. The molecule has 0 bridgehead atoms. The largest absolute Gasteiger partial charge is 0.396 e. The van der Waals surface area contributed by atoms with E-state index in [9.17, 15) is 4.79 Å². The molecule has 0 fully saturated rings. The number of nitrogens with two attached hydrogens (primary N) is 1. The van der Waals surface area contributed by atoms with E-state index in [0.717, 1.165) is 32.2 Å². The van der Waals surface area contributed by atoms with Gasteiger partial charge in [-0.15, -0.1) is 0 Å². The molecule has 0 saturated heterocycles. The van der Waals surface area contributed by atoms with Crippen LogP contribution in [0.2, 0.25) is 0 Å². The Morgan fingerprint density at radius 3 is 2.24 bits per heavy atom. The first-order valence-electron chi connectivity index (χ1n) is 11.4. The highest BCUT2D eigenvalue weighted by Crippen LogP contribution is 2.34. The normalized spacial score (nSPS) is 12.8. The highest BCUT2D eigenvalue weighted by Gasteiger charge is 2.15. The molecule has 5 nitrogen and oxygen atoms in total. The summed E-state index contributed by atoms with van der Waals surface area (Å²) in [6.07, 6.45) is 2.68. The number of hydrogen-bond acceptors (Lipinski definition) is 4. The zero-order valence-corrected chi connectivity index (χ0v) is 21.0. The average molecular weight is 517 g/mol. The number of pyridine rings is 1. The number of nitrogens with zero attached hydrogens (tertiary/aromatic N) is 1. The van der Waals surface area contributed by atoms with E-state index in [1.165, 1.54) is 5.56 Å². The lowest BCUT2D eigenvalue weighted by atomic mass is 10.0. The molecule has 4 rings (SSSR count). The molecule has 6 heteroatoms. The van der Waals surface area contributed by atoms with Gasteiger partial charge in [-0.2, -0.15) is 0 Å². The zero-order valence-electron chi connectivity index (χ0n) is 19.4. The molecule has 0 aliphatic rings. The smallest absolute Gasteiger partial charge is 0.220 e. The predicted octanol–water partition coefficient (Wildman–Crippen LogP) is 6.56. The van der Waals surface area contributed by atoms with Crippen LogP contribution in [0, 0.1) is 0 Å². The number of carbonyl (C=O) groups is 1. The molecule has 4 aromatic rings. The summed E-state index contributed by atoms with van der Waals surface area (Å²) in [7, 11) is 0. The van der Waals surface area contributed by atoms with Crippen molar-refractivity contribution < 1.29 is 4.79 Å². The number of aryl methyl sites for hydroxylation is 1. The quantitative estimate of drug-likeness (QED) is 0.247. The number of fused-ring (bicyclic) bond motifs is 1. The van der Waals surface area contributed by atoms with E-state index in [-0.39, 0.29) is 18.0 Å². The van der Waals surface area contributed by atoms with Crippen LogP contribution >= 0.6 is 15.9 Å². The SMILES string of the molecule is C[C@@H](NC(=O)CCc1cc2c(N[C@H](C)c3ccccc3)c(N)cnc2cc1Br)c1ccccc1.